The summed E-state index contributed by atoms with van der Waals surface area (Å²) < 4.78 is 146. The Morgan fingerprint density at radius 2 is 1.32 bits per heavy atom. The molecule has 7 rings (SSSR count). The predicted molar refractivity (Wildman–Crippen MR) is 250 cm³/mol. The molecule has 1 atom stereocenters. The first-order valence-electron chi connectivity index (χ1n) is 19.7. The van der Waals surface area contributed by atoms with Crippen molar-refractivity contribution in [3.05, 3.63) is 96.8 Å². The number of hydrogen-bond acceptors (Lipinski definition) is 21. The lowest BCUT2D eigenvalue weighted by atomic mass is 10.1. The van der Waals surface area contributed by atoms with Crippen molar-refractivity contribution < 1.29 is 81.0 Å². The number of rotatable bonds is 16. The molecule has 32 heteroatoms. The number of nitrogens with one attached hydrogen (secondary N) is 3. The molecule has 2 heterocycles. The minimum absolute atomic E-state index is 0.0243. The zero-order valence-electron chi connectivity index (χ0n) is 36.6. The van der Waals surface area contributed by atoms with E-state index in [1.54, 1.807) is 0 Å². The Labute approximate surface area is 405 Å². The van der Waals surface area contributed by atoms with Crippen LogP contribution in [0.1, 0.15) is 24.2 Å². The molecule has 0 spiro atoms. The topological polar surface area (TPSA) is 429 Å². The largest absolute Gasteiger partial charge is 0.494 e. The number of ether oxygens (including phenoxy) is 1. The third-order valence-corrected chi connectivity index (χ3v) is 13.2. The zero-order chi connectivity index (χ0) is 52.7. The van der Waals surface area contributed by atoms with E-state index < -0.39 is 94.6 Å². The average molecular weight is 1070 g/mol. The normalized spacial score (nSPS) is 12.9. The van der Waals surface area contributed by atoms with Crippen molar-refractivity contribution in [2.24, 2.45) is 20.5 Å². The molecular weight excluding hydrogens is 1030 g/mol. The molecule has 0 aliphatic rings. The van der Waals surface area contributed by atoms with E-state index in [9.17, 15) is 71.7 Å². The summed E-state index contributed by atoms with van der Waals surface area (Å²) in [6.45, 7) is 2.47. The van der Waals surface area contributed by atoms with E-state index in [-0.39, 0.29) is 68.4 Å². The summed E-state index contributed by atoms with van der Waals surface area (Å²) in [5.41, 5.74) is -1.53. The first kappa shape index (κ1) is 51.8. The molecule has 0 fully saturated rings. The Kier molecular flexibility index (Phi) is 14.1. The van der Waals surface area contributed by atoms with Crippen LogP contribution >= 0.6 is 0 Å². The number of hydrogen-bond donors (Lipinski definition) is 9. The van der Waals surface area contributed by atoms with Gasteiger partial charge in [-0.3, -0.25) is 23.0 Å². The number of pyridine rings is 1. The van der Waals surface area contributed by atoms with Crippen LogP contribution in [0.3, 0.4) is 0 Å². The number of carboxylic acids is 1. The van der Waals surface area contributed by atoms with Crippen LogP contribution in [0.15, 0.2) is 131 Å². The first-order valence-corrected chi connectivity index (χ1v) is 25.5. The summed E-state index contributed by atoms with van der Waals surface area (Å²) in [7, 11) is -19.4. The highest BCUT2D eigenvalue weighted by Crippen LogP contribution is 2.43. The molecule has 72 heavy (non-hydrogen) atoms. The van der Waals surface area contributed by atoms with Gasteiger partial charge in [0.15, 0.2) is 0 Å². The van der Waals surface area contributed by atoms with E-state index in [2.05, 4.69) is 51.4 Å². The molecule has 0 radical (unpaired) electrons. The monoisotopic (exact) mass is 1070 g/mol. The molecule has 0 aliphatic heterocycles. The lowest BCUT2D eigenvalue weighted by molar-refractivity contribution is -0.603. The van der Waals surface area contributed by atoms with E-state index in [4.69, 9.17) is 4.74 Å². The fourth-order valence-electron chi connectivity index (χ4n) is 6.75. The molecule has 2 aromatic heterocycles. The van der Waals surface area contributed by atoms with Crippen molar-refractivity contribution in [3.8, 4) is 11.7 Å². The number of methoxy groups -OCH3 is 1. The van der Waals surface area contributed by atoms with Crippen LogP contribution in [-0.2, 0) is 45.3 Å². The molecule has 0 aliphatic carbocycles. The Morgan fingerprint density at radius 3 is 1.94 bits per heavy atom. The maximum Gasteiger partial charge on any atom is 0.444 e. The molecule has 5 aromatic carbocycles. The highest BCUT2D eigenvalue weighted by atomic mass is 32.2. The molecule has 0 bridgehead atoms. The molecule has 28 nitrogen and oxygen atoms in total. The maximum atomic E-state index is 12.8. The van der Waals surface area contributed by atoms with Gasteiger partial charge in [-0.1, -0.05) is 12.1 Å². The van der Waals surface area contributed by atoms with Crippen LogP contribution < -0.4 is 25.3 Å². The summed E-state index contributed by atoms with van der Waals surface area (Å²) in [4.78, 5) is 33.1. The number of amides is 1. The van der Waals surface area contributed by atoms with E-state index in [1.165, 1.54) is 73.5 Å². The van der Waals surface area contributed by atoms with Gasteiger partial charge in [0.1, 0.15) is 43.7 Å². The van der Waals surface area contributed by atoms with Gasteiger partial charge in [0, 0.05) is 29.1 Å². The number of carbonyl (C=O) groups is 2. The summed E-state index contributed by atoms with van der Waals surface area (Å²) in [6.07, 6.45) is 1.46. The van der Waals surface area contributed by atoms with Crippen molar-refractivity contribution >= 4 is 120 Å². The number of carboxylic acid groups (broad SMARTS) is 1. The van der Waals surface area contributed by atoms with E-state index in [1.807, 2.05) is 0 Å². The van der Waals surface area contributed by atoms with Crippen LogP contribution in [0.2, 0.25) is 0 Å². The average Bonchev–Trinajstić information content (AvgIpc) is 3.28. The van der Waals surface area contributed by atoms with E-state index in [0.717, 1.165) is 25.1 Å². The van der Waals surface area contributed by atoms with Gasteiger partial charge >= 0.3 is 23.8 Å². The van der Waals surface area contributed by atoms with Gasteiger partial charge < -0.3 is 30.9 Å². The van der Waals surface area contributed by atoms with Crippen LogP contribution in [-0.4, -0.2) is 102 Å². The summed E-state index contributed by atoms with van der Waals surface area (Å²) in [6, 6.07) is 14.0. The Bertz CT molecular complexity index is 3950. The number of carbonyl (C=O) groups excluding carboxylic acids is 1. The van der Waals surface area contributed by atoms with Crippen LogP contribution in [0.5, 0.6) is 5.75 Å². The van der Waals surface area contributed by atoms with Gasteiger partial charge in [0.2, 0.25) is 5.91 Å². The highest BCUT2D eigenvalue weighted by Gasteiger charge is 2.27. The molecular formula is C40H34N11O17S4+. The van der Waals surface area contributed by atoms with Crippen LogP contribution in [0.25, 0.3) is 27.5 Å². The Balaban J connectivity index is 1.33. The number of aromatic nitrogens is 4. The van der Waals surface area contributed by atoms with Crippen molar-refractivity contribution in [2.45, 2.75) is 39.7 Å². The van der Waals surface area contributed by atoms with E-state index >= 15 is 0 Å². The SMILES string of the molecule is COc1cc(N=Nc2cc3c(S(=O)(=O)O)cc(S(=O)(=O)O)cc3cc2S(=O)(=O)O)c(NC(C)=O)cc1N=Nc1ccc(Nc2nc(NC(C)O)nc(-[n+]3cccc(C(=O)O)c3)n2)c2c(S(=O)(=O)O)cccc12. The van der Waals surface area contributed by atoms with Gasteiger partial charge in [-0.2, -0.15) is 33.7 Å². The standard InChI is InChI=1S/C40H33N11O17S4/c1-19(52)41-28-16-30(32(68-3)17-29(28)48-50-31-15-25-22(13-35(31)72(65,66)67)12-23(69(56,57)58)14-34(25)71(62,63)64)49-47-26-9-10-27(36-24(26)7-4-8-33(36)70(59,60)61)43-39-44-38(42-20(2)53)45-40(46-39)51-11-5-6-21(18-51)37(54)55/h4-18,20,53H,1-3H3,(H7-,41,42,43,44,45,46,49,50,52,54,55,56,57,58,59,60,61,62,63,64,65,66,67)/p+1. The van der Waals surface area contributed by atoms with Gasteiger partial charge in [-0.05, 0) is 82.9 Å². The van der Waals surface area contributed by atoms with E-state index in [0.29, 0.717) is 18.2 Å². The maximum absolute atomic E-state index is 12.8. The Morgan fingerprint density at radius 1 is 0.667 bits per heavy atom. The smallest absolute Gasteiger partial charge is 0.444 e. The van der Waals surface area contributed by atoms with Crippen LogP contribution in [0.4, 0.5) is 46.0 Å². The third kappa shape index (κ3) is 11.6. The lowest BCUT2D eigenvalue weighted by Crippen LogP contribution is -2.34. The zero-order valence-corrected chi connectivity index (χ0v) is 39.9. The number of anilines is 4. The summed E-state index contributed by atoms with van der Waals surface area (Å²) in [5, 5.41) is 42.8. The minimum Gasteiger partial charge on any atom is -0.494 e. The Hall–Kier alpha value is -8.08. The van der Waals surface area contributed by atoms with Crippen molar-refractivity contribution in [1.29, 1.82) is 0 Å². The minimum atomic E-state index is -5.27. The second-order valence-corrected chi connectivity index (χ2v) is 20.4. The fourth-order valence-corrected chi connectivity index (χ4v) is 9.47. The first-order chi connectivity index (χ1) is 33.6. The van der Waals surface area contributed by atoms with Crippen molar-refractivity contribution in [1.82, 2.24) is 15.0 Å². The van der Waals surface area contributed by atoms with Gasteiger partial charge in [-0.25, -0.2) is 9.36 Å². The number of aliphatic hydroxyl groups excluding tert-OH is 1. The molecule has 0 saturated heterocycles. The van der Waals surface area contributed by atoms with Gasteiger partial charge in [-0.15, -0.1) is 25.4 Å². The molecule has 0 saturated carbocycles. The van der Waals surface area contributed by atoms with Gasteiger partial charge in [0.05, 0.1) is 47.0 Å². The fraction of sp³-hybridized carbons (Fsp3) is 0.100. The van der Waals surface area contributed by atoms with Crippen molar-refractivity contribution in [2.75, 3.05) is 23.1 Å². The summed E-state index contributed by atoms with van der Waals surface area (Å²) in [5.74, 6) is -2.67. The highest BCUT2D eigenvalue weighted by molar-refractivity contribution is 7.87. The molecule has 374 valence electrons. The predicted octanol–water partition coefficient (Wildman–Crippen LogP) is 5.43. The molecule has 9 N–H and O–H groups in total. The molecule has 1 unspecified atom stereocenters. The molecule has 1 amide bonds. The second kappa shape index (κ2) is 19.6. The summed E-state index contributed by atoms with van der Waals surface area (Å²) >= 11 is 0. The number of aromatic carboxylic acids is 1. The second-order valence-electron chi connectivity index (χ2n) is 14.8. The van der Waals surface area contributed by atoms with Gasteiger partial charge in [0.25, 0.3) is 40.5 Å². The number of benzene rings is 5. The number of nitrogens with zero attached hydrogens (tertiary/aromatic N) is 8. The van der Waals surface area contributed by atoms with Crippen molar-refractivity contribution in [3.63, 3.8) is 0 Å². The number of azo groups is 2. The third-order valence-electron chi connectivity index (χ3n) is 9.70. The number of fused-ring (bicyclic) bond motifs is 2. The lowest BCUT2D eigenvalue weighted by Gasteiger charge is -2.13. The molecule has 7 aromatic rings. The quantitative estimate of drug-likeness (QED) is 0.0252. The number of aliphatic hydroxyl groups is 1. The van der Waals surface area contributed by atoms with Crippen LogP contribution in [0, 0.1) is 0 Å².